The standard InChI is InChI=1S/C12H12F3NO2S/c1-7(5-16)10-6-19(17,18)11-3-2-8(4-9(10)11)12(13,14)15/h2-4,6-7H,5,16H2,1H3. The van der Waals surface area contributed by atoms with E-state index >= 15 is 0 Å². The van der Waals surface area contributed by atoms with Gasteiger partial charge in [0.2, 0.25) is 9.84 Å². The van der Waals surface area contributed by atoms with E-state index in [1.165, 1.54) is 0 Å². The van der Waals surface area contributed by atoms with Gasteiger partial charge in [0.05, 0.1) is 10.5 Å². The average molecular weight is 291 g/mol. The first-order valence-electron chi connectivity index (χ1n) is 5.55. The van der Waals surface area contributed by atoms with Crippen molar-refractivity contribution in [2.45, 2.75) is 18.0 Å². The van der Waals surface area contributed by atoms with Gasteiger partial charge in [0.15, 0.2) is 0 Å². The van der Waals surface area contributed by atoms with Crippen molar-refractivity contribution in [3.05, 3.63) is 34.7 Å². The summed E-state index contributed by atoms with van der Waals surface area (Å²) in [5, 5.41) is 1.01. The third-order valence-corrected chi connectivity index (χ3v) is 4.62. The molecule has 1 aliphatic rings. The van der Waals surface area contributed by atoms with Crippen LogP contribution < -0.4 is 5.73 Å². The fourth-order valence-corrected chi connectivity index (χ4v) is 3.54. The van der Waals surface area contributed by atoms with Crippen LogP contribution >= 0.6 is 0 Å². The minimum atomic E-state index is -4.50. The number of fused-ring (bicyclic) bond motifs is 1. The van der Waals surface area contributed by atoms with Crippen molar-refractivity contribution in [3.8, 4) is 0 Å². The van der Waals surface area contributed by atoms with Gasteiger partial charge in [-0.25, -0.2) is 8.42 Å². The molecule has 7 heteroatoms. The topological polar surface area (TPSA) is 60.2 Å². The van der Waals surface area contributed by atoms with Crippen molar-refractivity contribution in [1.29, 1.82) is 0 Å². The van der Waals surface area contributed by atoms with Crippen LogP contribution in [-0.2, 0) is 16.0 Å². The Bertz CT molecular complexity index is 647. The van der Waals surface area contributed by atoms with Crippen molar-refractivity contribution in [1.82, 2.24) is 0 Å². The van der Waals surface area contributed by atoms with Gasteiger partial charge < -0.3 is 5.73 Å². The SMILES string of the molecule is CC(CN)C1=CS(=O)(=O)c2ccc(C(F)(F)F)cc21. The lowest BCUT2D eigenvalue weighted by Crippen LogP contribution is -2.12. The van der Waals surface area contributed by atoms with E-state index in [9.17, 15) is 21.6 Å². The van der Waals surface area contributed by atoms with Crippen LogP contribution in [0, 0.1) is 5.92 Å². The molecular weight excluding hydrogens is 279 g/mol. The molecule has 0 saturated carbocycles. The second kappa shape index (κ2) is 4.35. The van der Waals surface area contributed by atoms with Crippen molar-refractivity contribution in [2.75, 3.05) is 6.54 Å². The molecule has 19 heavy (non-hydrogen) atoms. The monoisotopic (exact) mass is 291 g/mol. The van der Waals surface area contributed by atoms with E-state index in [0.717, 1.165) is 23.6 Å². The molecule has 104 valence electrons. The molecular formula is C12H12F3NO2S. The van der Waals surface area contributed by atoms with Crippen molar-refractivity contribution in [2.24, 2.45) is 11.7 Å². The minimum Gasteiger partial charge on any atom is -0.330 e. The van der Waals surface area contributed by atoms with Gasteiger partial charge in [-0.1, -0.05) is 6.92 Å². The number of benzene rings is 1. The predicted octanol–water partition coefficient (Wildman–Crippen LogP) is 2.43. The first-order chi connectivity index (χ1) is 8.66. The van der Waals surface area contributed by atoms with Crippen LogP contribution in [0.4, 0.5) is 13.2 Å². The van der Waals surface area contributed by atoms with Gasteiger partial charge in [-0.2, -0.15) is 13.2 Å². The number of halogens is 3. The molecule has 0 spiro atoms. The molecule has 1 heterocycles. The lowest BCUT2D eigenvalue weighted by atomic mass is 9.94. The number of rotatable bonds is 2. The summed E-state index contributed by atoms with van der Waals surface area (Å²) >= 11 is 0. The summed E-state index contributed by atoms with van der Waals surface area (Å²) in [4.78, 5) is -0.0872. The summed E-state index contributed by atoms with van der Waals surface area (Å²) in [5.74, 6) is -0.320. The Hall–Kier alpha value is -1.34. The average Bonchev–Trinajstić information content (AvgIpc) is 2.59. The highest BCUT2D eigenvalue weighted by Crippen LogP contribution is 2.40. The quantitative estimate of drug-likeness (QED) is 0.910. The molecule has 0 bridgehead atoms. The number of hydrogen-bond acceptors (Lipinski definition) is 3. The highest BCUT2D eigenvalue weighted by Gasteiger charge is 2.35. The maximum atomic E-state index is 12.7. The Morgan fingerprint density at radius 3 is 2.47 bits per heavy atom. The first-order valence-corrected chi connectivity index (χ1v) is 7.10. The lowest BCUT2D eigenvalue weighted by molar-refractivity contribution is -0.137. The molecule has 0 saturated heterocycles. The summed E-state index contributed by atoms with van der Waals surface area (Å²) in [7, 11) is -3.66. The largest absolute Gasteiger partial charge is 0.416 e. The zero-order valence-electron chi connectivity index (χ0n) is 10.0. The van der Waals surface area contributed by atoms with Gasteiger partial charge in [0.1, 0.15) is 0 Å². The first kappa shape index (κ1) is 14.1. The van der Waals surface area contributed by atoms with Crippen LogP contribution in [0.3, 0.4) is 0 Å². The molecule has 2 rings (SSSR count). The van der Waals surface area contributed by atoms with Crippen LogP contribution in [0.5, 0.6) is 0 Å². The van der Waals surface area contributed by atoms with Crippen LogP contribution in [-0.4, -0.2) is 15.0 Å². The number of sulfone groups is 1. The van der Waals surface area contributed by atoms with Crippen LogP contribution in [0.2, 0.25) is 0 Å². The maximum Gasteiger partial charge on any atom is 0.416 e. The van der Waals surface area contributed by atoms with Gasteiger partial charge in [0.25, 0.3) is 0 Å². The second-order valence-corrected chi connectivity index (χ2v) is 6.23. The fraction of sp³-hybridized carbons (Fsp3) is 0.333. The van der Waals surface area contributed by atoms with Crippen molar-refractivity contribution < 1.29 is 21.6 Å². The molecule has 1 aromatic rings. The fourth-order valence-electron chi connectivity index (χ4n) is 1.98. The maximum absolute atomic E-state index is 12.7. The summed E-state index contributed by atoms with van der Waals surface area (Å²) < 4.78 is 61.7. The molecule has 1 aliphatic heterocycles. The van der Waals surface area contributed by atoms with Gasteiger partial charge in [-0.15, -0.1) is 0 Å². The van der Waals surface area contributed by atoms with Crippen molar-refractivity contribution in [3.63, 3.8) is 0 Å². The second-order valence-electron chi connectivity index (χ2n) is 4.46. The molecule has 2 N–H and O–H groups in total. The number of hydrogen-bond donors (Lipinski definition) is 1. The molecule has 0 aliphatic carbocycles. The molecule has 1 aromatic carbocycles. The Labute approximate surface area is 108 Å². The van der Waals surface area contributed by atoms with Crippen LogP contribution in [0.1, 0.15) is 18.1 Å². The van der Waals surface area contributed by atoms with Crippen molar-refractivity contribution >= 4 is 15.4 Å². The summed E-state index contributed by atoms with van der Waals surface area (Å²) in [6.07, 6.45) is -4.50. The Morgan fingerprint density at radius 1 is 1.32 bits per heavy atom. The van der Waals surface area contributed by atoms with E-state index in [4.69, 9.17) is 5.73 Å². The minimum absolute atomic E-state index is 0.0872. The van der Waals surface area contributed by atoms with Gasteiger partial charge in [-0.05, 0) is 41.8 Å². The summed E-state index contributed by atoms with van der Waals surface area (Å²) in [6.45, 7) is 1.84. The Balaban J connectivity index is 2.65. The molecule has 0 fully saturated rings. The smallest absolute Gasteiger partial charge is 0.330 e. The van der Waals surface area contributed by atoms with E-state index in [1.54, 1.807) is 6.92 Å². The van der Waals surface area contributed by atoms with Gasteiger partial charge >= 0.3 is 6.18 Å². The van der Waals surface area contributed by atoms with E-state index < -0.39 is 21.6 Å². The van der Waals surface area contributed by atoms with E-state index in [0.29, 0.717) is 5.57 Å². The molecule has 3 nitrogen and oxygen atoms in total. The third kappa shape index (κ3) is 2.40. The molecule has 0 radical (unpaired) electrons. The van der Waals surface area contributed by atoms with Gasteiger partial charge in [-0.3, -0.25) is 0 Å². The molecule has 0 aromatic heterocycles. The Morgan fingerprint density at radius 2 is 1.95 bits per heavy atom. The van der Waals surface area contributed by atoms with Crippen LogP contribution in [0.25, 0.3) is 5.57 Å². The highest BCUT2D eigenvalue weighted by atomic mass is 32.2. The van der Waals surface area contributed by atoms with Crippen LogP contribution in [0.15, 0.2) is 28.5 Å². The third-order valence-electron chi connectivity index (χ3n) is 3.09. The molecule has 1 unspecified atom stereocenters. The zero-order valence-corrected chi connectivity index (χ0v) is 10.8. The summed E-state index contributed by atoms with van der Waals surface area (Å²) in [6, 6.07) is 2.65. The normalized spacial score (nSPS) is 18.9. The summed E-state index contributed by atoms with van der Waals surface area (Å²) in [5.41, 5.74) is 5.04. The number of alkyl halides is 3. The Kier molecular flexibility index (Phi) is 3.22. The number of nitrogens with two attached hydrogens (primary N) is 1. The predicted molar refractivity (Wildman–Crippen MR) is 64.8 cm³/mol. The van der Waals surface area contributed by atoms with E-state index in [2.05, 4.69) is 0 Å². The molecule has 0 amide bonds. The molecule has 1 atom stereocenters. The van der Waals surface area contributed by atoms with Gasteiger partial charge in [0, 0.05) is 5.41 Å². The van der Waals surface area contributed by atoms with E-state index in [1.807, 2.05) is 0 Å². The lowest BCUT2D eigenvalue weighted by Gasteiger charge is -2.13. The van der Waals surface area contributed by atoms with E-state index in [-0.39, 0.29) is 22.9 Å². The zero-order chi connectivity index (χ0) is 14.4. The highest BCUT2D eigenvalue weighted by molar-refractivity contribution is 7.95.